The molecular formula is C16H24ClN2O2+. The van der Waals surface area contributed by atoms with Crippen LogP contribution in [0.2, 0.25) is 5.02 Å². The number of halogens is 1. The van der Waals surface area contributed by atoms with E-state index < -0.39 is 0 Å². The fourth-order valence-electron chi connectivity index (χ4n) is 2.78. The van der Waals surface area contributed by atoms with E-state index in [4.69, 9.17) is 16.3 Å². The Hall–Kier alpha value is -1.26. The average Bonchev–Trinajstić information content (AvgIpc) is 2.42. The molecule has 2 rings (SSSR count). The van der Waals surface area contributed by atoms with E-state index >= 15 is 0 Å². The Balaban J connectivity index is 1.92. The Morgan fingerprint density at radius 3 is 2.57 bits per heavy atom. The molecule has 1 heterocycles. The lowest BCUT2D eigenvalue weighted by molar-refractivity contribution is -0.892. The van der Waals surface area contributed by atoms with E-state index in [2.05, 4.69) is 5.32 Å². The Bertz CT molecular complexity index is 471. The van der Waals surface area contributed by atoms with Crippen LogP contribution in [-0.2, 0) is 4.79 Å². The minimum atomic E-state index is 0.0196. The summed E-state index contributed by atoms with van der Waals surface area (Å²) in [4.78, 5) is 13.6. The summed E-state index contributed by atoms with van der Waals surface area (Å²) in [6, 6.07) is 5.24. The topological polar surface area (TPSA) is 42.8 Å². The zero-order chi connectivity index (χ0) is 15.1. The highest BCUT2D eigenvalue weighted by Gasteiger charge is 2.17. The first-order valence-electron chi connectivity index (χ1n) is 7.66. The molecule has 0 atom stereocenters. The monoisotopic (exact) mass is 311 g/mol. The van der Waals surface area contributed by atoms with Crippen LogP contribution in [0.15, 0.2) is 18.2 Å². The van der Waals surface area contributed by atoms with Gasteiger partial charge in [0.2, 0.25) is 0 Å². The quantitative estimate of drug-likeness (QED) is 0.894. The van der Waals surface area contributed by atoms with Gasteiger partial charge in [-0.25, -0.2) is 0 Å². The van der Waals surface area contributed by atoms with Crippen LogP contribution in [0.3, 0.4) is 0 Å². The molecule has 4 nitrogen and oxygen atoms in total. The first-order valence-corrected chi connectivity index (χ1v) is 8.04. The maximum atomic E-state index is 12.2. The van der Waals surface area contributed by atoms with Crippen LogP contribution in [0.5, 0.6) is 5.75 Å². The number of anilines is 1. The number of ether oxygens (including phenoxy) is 1. The second-order valence-electron chi connectivity index (χ2n) is 5.59. The number of carbonyl (C=O) groups excluding carboxylic acids is 1. The molecule has 5 heteroatoms. The molecule has 1 aliphatic rings. The molecule has 1 aromatic carbocycles. The molecule has 0 aromatic heterocycles. The standard InChI is InChI=1S/C16H23ClN2O2/c1-21-15-8-7-13(17)11-14(15)18-16(20)12-19-9-5-3-2-4-6-10-19/h7-8,11H,2-6,9-10,12H2,1H3,(H,18,20)/p+1. The molecule has 116 valence electrons. The molecule has 1 saturated heterocycles. The number of carbonyl (C=O) groups is 1. The van der Waals surface area contributed by atoms with Crippen LogP contribution in [0.25, 0.3) is 0 Å². The number of likely N-dealkylation sites (tertiary alicyclic amines) is 1. The SMILES string of the molecule is COc1ccc(Cl)cc1NC(=O)C[NH+]1CCCCCCC1. The average molecular weight is 312 g/mol. The summed E-state index contributed by atoms with van der Waals surface area (Å²) in [5, 5.41) is 3.50. The third kappa shape index (κ3) is 5.21. The van der Waals surface area contributed by atoms with Crippen LogP contribution in [0, 0.1) is 0 Å². The van der Waals surface area contributed by atoms with Crippen molar-refractivity contribution in [3.63, 3.8) is 0 Å². The summed E-state index contributed by atoms with van der Waals surface area (Å²) in [5.41, 5.74) is 0.640. The zero-order valence-corrected chi connectivity index (χ0v) is 13.3. The van der Waals surface area contributed by atoms with Crippen LogP contribution >= 0.6 is 11.6 Å². The van der Waals surface area contributed by atoms with Gasteiger partial charge in [0.1, 0.15) is 5.75 Å². The number of amides is 1. The van der Waals surface area contributed by atoms with Crippen molar-refractivity contribution in [3.8, 4) is 5.75 Å². The molecule has 1 fully saturated rings. The van der Waals surface area contributed by atoms with E-state index in [-0.39, 0.29) is 5.91 Å². The van der Waals surface area contributed by atoms with Gasteiger partial charge in [0.15, 0.2) is 6.54 Å². The molecule has 1 aliphatic heterocycles. The number of nitrogens with one attached hydrogen (secondary N) is 2. The zero-order valence-electron chi connectivity index (χ0n) is 12.6. The summed E-state index contributed by atoms with van der Waals surface area (Å²) in [6.07, 6.45) is 6.33. The van der Waals surface area contributed by atoms with Crippen molar-refractivity contribution in [1.29, 1.82) is 0 Å². The highest BCUT2D eigenvalue weighted by atomic mass is 35.5. The molecule has 0 spiro atoms. The molecule has 0 unspecified atom stereocenters. The molecule has 0 saturated carbocycles. The van der Waals surface area contributed by atoms with Crippen LogP contribution in [0.4, 0.5) is 5.69 Å². The van der Waals surface area contributed by atoms with E-state index in [9.17, 15) is 4.79 Å². The fourth-order valence-corrected chi connectivity index (χ4v) is 2.95. The lowest BCUT2D eigenvalue weighted by atomic mass is 10.1. The van der Waals surface area contributed by atoms with Crippen molar-refractivity contribution in [1.82, 2.24) is 0 Å². The van der Waals surface area contributed by atoms with Gasteiger partial charge in [-0.05, 0) is 43.9 Å². The van der Waals surface area contributed by atoms with Crippen molar-refractivity contribution in [2.45, 2.75) is 32.1 Å². The lowest BCUT2D eigenvalue weighted by Crippen LogP contribution is -3.13. The second-order valence-corrected chi connectivity index (χ2v) is 6.02. The third-order valence-electron chi connectivity index (χ3n) is 3.91. The molecule has 1 amide bonds. The smallest absolute Gasteiger partial charge is 0.279 e. The van der Waals surface area contributed by atoms with Gasteiger partial charge in [0.25, 0.3) is 5.91 Å². The van der Waals surface area contributed by atoms with Gasteiger partial charge in [-0.1, -0.05) is 18.0 Å². The number of rotatable bonds is 4. The van der Waals surface area contributed by atoms with E-state index in [1.54, 1.807) is 25.3 Å². The highest BCUT2D eigenvalue weighted by molar-refractivity contribution is 6.31. The van der Waals surface area contributed by atoms with Crippen molar-refractivity contribution >= 4 is 23.2 Å². The first kappa shape index (κ1) is 16.1. The largest absolute Gasteiger partial charge is 0.495 e. The molecule has 0 bridgehead atoms. The Labute approximate surface area is 131 Å². The summed E-state index contributed by atoms with van der Waals surface area (Å²) >= 11 is 5.98. The molecule has 2 N–H and O–H groups in total. The van der Waals surface area contributed by atoms with Gasteiger partial charge in [-0.3, -0.25) is 4.79 Å². The maximum absolute atomic E-state index is 12.2. The van der Waals surface area contributed by atoms with Crippen LogP contribution in [0.1, 0.15) is 32.1 Å². The Morgan fingerprint density at radius 2 is 1.90 bits per heavy atom. The van der Waals surface area contributed by atoms with Gasteiger partial charge in [0, 0.05) is 5.02 Å². The summed E-state index contributed by atoms with van der Waals surface area (Å²) in [5.74, 6) is 0.654. The van der Waals surface area contributed by atoms with E-state index in [1.165, 1.54) is 37.0 Å². The van der Waals surface area contributed by atoms with Crippen molar-refractivity contribution in [2.75, 3.05) is 32.1 Å². The minimum Gasteiger partial charge on any atom is -0.495 e. The van der Waals surface area contributed by atoms with E-state index in [0.29, 0.717) is 23.0 Å². The number of hydrogen-bond donors (Lipinski definition) is 2. The number of hydrogen-bond acceptors (Lipinski definition) is 2. The molecular weight excluding hydrogens is 288 g/mol. The minimum absolute atomic E-state index is 0.0196. The van der Waals surface area contributed by atoms with Crippen molar-refractivity contribution in [3.05, 3.63) is 23.2 Å². The molecule has 21 heavy (non-hydrogen) atoms. The normalized spacial score (nSPS) is 16.9. The second kappa shape index (κ2) is 8.25. The summed E-state index contributed by atoms with van der Waals surface area (Å²) in [7, 11) is 1.59. The maximum Gasteiger partial charge on any atom is 0.279 e. The third-order valence-corrected chi connectivity index (χ3v) is 4.14. The summed E-state index contributed by atoms with van der Waals surface area (Å²) < 4.78 is 5.25. The van der Waals surface area contributed by atoms with Gasteiger partial charge >= 0.3 is 0 Å². The van der Waals surface area contributed by atoms with Gasteiger partial charge in [-0.15, -0.1) is 0 Å². The number of methoxy groups -OCH3 is 1. The number of quaternary nitrogens is 1. The highest BCUT2D eigenvalue weighted by Crippen LogP contribution is 2.27. The first-order chi connectivity index (χ1) is 10.2. The predicted octanol–water partition coefficient (Wildman–Crippen LogP) is 2.14. The van der Waals surface area contributed by atoms with E-state index in [0.717, 1.165) is 13.1 Å². The van der Waals surface area contributed by atoms with Gasteiger partial charge < -0.3 is 15.0 Å². The van der Waals surface area contributed by atoms with E-state index in [1.807, 2.05) is 0 Å². The van der Waals surface area contributed by atoms with Crippen molar-refractivity contribution < 1.29 is 14.4 Å². The van der Waals surface area contributed by atoms with Gasteiger partial charge in [0.05, 0.1) is 25.9 Å². The van der Waals surface area contributed by atoms with Crippen molar-refractivity contribution in [2.24, 2.45) is 0 Å². The summed E-state index contributed by atoms with van der Waals surface area (Å²) in [6.45, 7) is 2.68. The van der Waals surface area contributed by atoms with Crippen LogP contribution in [-0.4, -0.2) is 32.7 Å². The van der Waals surface area contributed by atoms with Gasteiger partial charge in [-0.2, -0.15) is 0 Å². The lowest BCUT2D eigenvalue weighted by Gasteiger charge is -2.21. The molecule has 1 aromatic rings. The number of benzene rings is 1. The Morgan fingerprint density at radius 1 is 1.24 bits per heavy atom. The molecule has 0 radical (unpaired) electrons. The van der Waals surface area contributed by atoms with Crippen LogP contribution < -0.4 is 15.0 Å². The Kier molecular flexibility index (Phi) is 6.33. The fraction of sp³-hybridized carbons (Fsp3) is 0.562. The molecule has 0 aliphatic carbocycles. The predicted molar refractivity (Wildman–Crippen MR) is 85.3 cm³/mol.